The number of alkyl halides is 3. The van der Waals surface area contributed by atoms with E-state index in [-0.39, 0.29) is 18.3 Å². The minimum atomic E-state index is -4.31. The second kappa shape index (κ2) is 6.34. The van der Waals surface area contributed by atoms with E-state index in [1.165, 1.54) is 12.1 Å². The van der Waals surface area contributed by atoms with Crippen LogP contribution < -0.4 is 5.32 Å². The number of rotatable bonds is 5. The third kappa shape index (κ3) is 4.18. The molecular formula is C15H20F3NO2. The summed E-state index contributed by atoms with van der Waals surface area (Å²) in [6.07, 6.45) is -2.87. The van der Waals surface area contributed by atoms with Gasteiger partial charge in [-0.25, -0.2) is 0 Å². The van der Waals surface area contributed by atoms with Crippen LogP contribution in [0.4, 0.5) is 13.2 Å². The van der Waals surface area contributed by atoms with E-state index in [4.69, 9.17) is 9.84 Å². The lowest BCUT2D eigenvalue weighted by Gasteiger charge is -2.25. The smallest absolute Gasteiger partial charge is 0.395 e. The van der Waals surface area contributed by atoms with Crippen molar-refractivity contribution >= 4 is 0 Å². The van der Waals surface area contributed by atoms with Gasteiger partial charge < -0.3 is 15.2 Å². The molecule has 118 valence electrons. The fourth-order valence-electron chi connectivity index (χ4n) is 2.58. The maximum atomic E-state index is 12.5. The van der Waals surface area contributed by atoms with Crippen molar-refractivity contribution < 1.29 is 23.0 Å². The highest BCUT2D eigenvalue weighted by molar-refractivity contribution is 5.26. The fraction of sp³-hybridized carbons (Fsp3) is 0.600. The highest BCUT2D eigenvalue weighted by Crippen LogP contribution is 2.39. The van der Waals surface area contributed by atoms with Gasteiger partial charge in [0.1, 0.15) is 0 Å². The summed E-state index contributed by atoms with van der Waals surface area (Å²) in [5.74, 6) is 0. The molecule has 1 aliphatic heterocycles. The number of benzene rings is 1. The number of ether oxygens (including phenoxy) is 1. The van der Waals surface area contributed by atoms with E-state index in [1.54, 1.807) is 0 Å². The molecule has 1 aliphatic rings. The zero-order valence-electron chi connectivity index (χ0n) is 11.9. The third-order valence-corrected chi connectivity index (χ3v) is 3.76. The fourth-order valence-corrected chi connectivity index (χ4v) is 2.58. The normalized spacial score (nSPS) is 26.2. The molecule has 0 amide bonds. The van der Waals surface area contributed by atoms with E-state index < -0.39 is 11.7 Å². The maximum Gasteiger partial charge on any atom is 0.416 e. The second-order valence-corrected chi connectivity index (χ2v) is 5.62. The monoisotopic (exact) mass is 303 g/mol. The molecule has 6 heteroatoms. The summed E-state index contributed by atoms with van der Waals surface area (Å²) in [6.45, 7) is 3.16. The molecule has 0 saturated carbocycles. The van der Waals surface area contributed by atoms with Gasteiger partial charge in [-0.2, -0.15) is 13.2 Å². The Morgan fingerprint density at radius 1 is 1.33 bits per heavy atom. The molecule has 1 heterocycles. The van der Waals surface area contributed by atoms with Crippen molar-refractivity contribution in [3.63, 3.8) is 0 Å². The molecule has 1 aromatic carbocycles. The number of aliphatic hydroxyl groups excluding tert-OH is 1. The maximum absolute atomic E-state index is 12.5. The molecule has 2 N–H and O–H groups in total. The zero-order chi connectivity index (χ0) is 15.5. The Morgan fingerprint density at radius 2 is 2.00 bits per heavy atom. The summed E-state index contributed by atoms with van der Waals surface area (Å²) >= 11 is 0. The zero-order valence-corrected chi connectivity index (χ0v) is 11.9. The first-order valence-corrected chi connectivity index (χ1v) is 7.01. The van der Waals surface area contributed by atoms with Crippen LogP contribution in [0.1, 0.15) is 37.0 Å². The van der Waals surface area contributed by atoms with E-state index in [0.29, 0.717) is 13.1 Å². The Morgan fingerprint density at radius 3 is 2.57 bits per heavy atom. The van der Waals surface area contributed by atoms with E-state index in [0.717, 1.165) is 30.5 Å². The predicted molar refractivity (Wildman–Crippen MR) is 72.9 cm³/mol. The van der Waals surface area contributed by atoms with Gasteiger partial charge in [0.15, 0.2) is 0 Å². The van der Waals surface area contributed by atoms with Gasteiger partial charge in [-0.15, -0.1) is 0 Å². The highest BCUT2D eigenvalue weighted by Gasteiger charge is 2.37. The molecule has 1 aromatic rings. The Kier molecular flexibility index (Phi) is 4.91. The molecule has 2 atom stereocenters. The van der Waals surface area contributed by atoms with Crippen LogP contribution in [0.25, 0.3) is 0 Å². The second-order valence-electron chi connectivity index (χ2n) is 5.62. The van der Waals surface area contributed by atoms with Gasteiger partial charge in [0.2, 0.25) is 0 Å². The first-order valence-electron chi connectivity index (χ1n) is 7.01. The predicted octanol–water partition coefficient (Wildman–Crippen LogP) is 2.90. The van der Waals surface area contributed by atoms with Crippen LogP contribution in [0, 0.1) is 0 Å². The van der Waals surface area contributed by atoms with Crippen molar-refractivity contribution in [1.82, 2.24) is 5.32 Å². The molecule has 3 nitrogen and oxygen atoms in total. The lowest BCUT2D eigenvalue weighted by Crippen LogP contribution is -2.38. The summed E-state index contributed by atoms with van der Waals surface area (Å²) in [6, 6.07) is 5.16. The first-order chi connectivity index (χ1) is 9.84. The van der Waals surface area contributed by atoms with E-state index in [9.17, 15) is 13.2 Å². The van der Waals surface area contributed by atoms with Crippen LogP contribution in [0.2, 0.25) is 0 Å². The van der Waals surface area contributed by atoms with E-state index >= 15 is 0 Å². The number of nitrogens with one attached hydrogen (secondary N) is 1. The molecule has 0 aliphatic carbocycles. The molecule has 0 spiro atoms. The van der Waals surface area contributed by atoms with Crippen LogP contribution in [0.15, 0.2) is 24.3 Å². The summed E-state index contributed by atoms with van der Waals surface area (Å²) in [7, 11) is 0. The number of aliphatic hydroxyl groups is 1. The number of hydrogen-bond acceptors (Lipinski definition) is 3. The summed E-state index contributed by atoms with van der Waals surface area (Å²) in [5.41, 5.74) is -0.215. The van der Waals surface area contributed by atoms with E-state index in [1.807, 2.05) is 6.92 Å². The Hall–Kier alpha value is -1.11. The Balaban J connectivity index is 1.98. The molecule has 2 unspecified atom stereocenters. The summed E-state index contributed by atoms with van der Waals surface area (Å²) < 4.78 is 43.6. The van der Waals surface area contributed by atoms with Crippen molar-refractivity contribution in [2.75, 3.05) is 19.7 Å². The molecule has 0 radical (unpaired) electrons. The van der Waals surface area contributed by atoms with Gasteiger partial charge in [-0.1, -0.05) is 12.1 Å². The van der Waals surface area contributed by atoms with Crippen LogP contribution in [-0.2, 0) is 10.9 Å². The average Bonchev–Trinajstić information content (AvgIpc) is 2.81. The van der Waals surface area contributed by atoms with Crippen molar-refractivity contribution in [1.29, 1.82) is 0 Å². The lowest BCUT2D eigenvalue weighted by atomic mass is 10.00. The minimum absolute atomic E-state index is 0.0679. The molecule has 1 saturated heterocycles. The van der Waals surface area contributed by atoms with Crippen molar-refractivity contribution in [2.24, 2.45) is 0 Å². The summed E-state index contributed by atoms with van der Waals surface area (Å²) in [5, 5.41) is 11.8. The molecule has 2 rings (SSSR count). The first kappa shape index (κ1) is 16.3. The van der Waals surface area contributed by atoms with Gasteiger partial charge in [-0.05, 0) is 37.5 Å². The van der Waals surface area contributed by atoms with Gasteiger partial charge in [-0.3, -0.25) is 0 Å². The highest BCUT2D eigenvalue weighted by atomic mass is 19.4. The van der Waals surface area contributed by atoms with Gasteiger partial charge in [0.25, 0.3) is 0 Å². The standard InChI is InChI=1S/C15H20F3NO2/c1-14(10-19-8-9-20)7-6-13(21-14)11-2-4-12(5-3-11)15(16,17)18/h2-5,13,19-20H,6-10H2,1H3. The van der Waals surface area contributed by atoms with Crippen molar-refractivity contribution in [3.8, 4) is 0 Å². The van der Waals surface area contributed by atoms with Crippen LogP contribution in [0.5, 0.6) is 0 Å². The minimum Gasteiger partial charge on any atom is -0.395 e. The van der Waals surface area contributed by atoms with Crippen molar-refractivity contribution in [2.45, 2.75) is 37.6 Å². The Labute approximate surface area is 122 Å². The SMILES string of the molecule is CC1(CNCCO)CCC(c2ccc(C(F)(F)F)cc2)O1. The number of halogens is 3. The molecule has 21 heavy (non-hydrogen) atoms. The van der Waals surface area contributed by atoms with Crippen LogP contribution in [0.3, 0.4) is 0 Å². The average molecular weight is 303 g/mol. The molecular weight excluding hydrogens is 283 g/mol. The largest absolute Gasteiger partial charge is 0.416 e. The molecule has 0 bridgehead atoms. The van der Waals surface area contributed by atoms with Crippen LogP contribution in [-0.4, -0.2) is 30.4 Å². The van der Waals surface area contributed by atoms with Gasteiger partial charge in [0.05, 0.1) is 23.9 Å². The topological polar surface area (TPSA) is 41.5 Å². The van der Waals surface area contributed by atoms with Crippen LogP contribution >= 0.6 is 0 Å². The summed E-state index contributed by atoms with van der Waals surface area (Å²) in [4.78, 5) is 0. The van der Waals surface area contributed by atoms with Crippen molar-refractivity contribution in [3.05, 3.63) is 35.4 Å². The lowest BCUT2D eigenvalue weighted by molar-refractivity contribution is -0.137. The van der Waals surface area contributed by atoms with E-state index in [2.05, 4.69) is 5.32 Å². The quantitative estimate of drug-likeness (QED) is 0.822. The number of hydrogen-bond donors (Lipinski definition) is 2. The molecule has 0 aromatic heterocycles. The van der Waals surface area contributed by atoms with Gasteiger partial charge >= 0.3 is 6.18 Å². The van der Waals surface area contributed by atoms with Gasteiger partial charge in [0, 0.05) is 13.1 Å². The molecule has 1 fully saturated rings. The third-order valence-electron chi connectivity index (χ3n) is 3.76. The Bertz CT molecular complexity index is 461.